The van der Waals surface area contributed by atoms with E-state index in [4.69, 9.17) is 55.1 Å². The molecule has 0 amide bonds. The van der Waals surface area contributed by atoms with Crippen molar-refractivity contribution in [2.75, 3.05) is 20.8 Å². The normalized spacial score (nSPS) is 30.5. The first-order chi connectivity index (χ1) is 53.3. The van der Waals surface area contributed by atoms with Crippen molar-refractivity contribution in [2.45, 2.75) is 201 Å². The summed E-state index contributed by atoms with van der Waals surface area (Å²) in [6, 6.07) is 12.8. The van der Waals surface area contributed by atoms with Crippen molar-refractivity contribution in [3.8, 4) is 46.0 Å². The Bertz CT molecular complexity index is 5000. The molecule has 3 saturated heterocycles. The van der Waals surface area contributed by atoms with Crippen LogP contribution in [-0.2, 0) is 62.1 Å². The van der Waals surface area contributed by atoms with Gasteiger partial charge >= 0.3 is 0 Å². The Kier molecular flexibility index (Phi) is 21.6. The number of ether oxygens (including phenoxy) is 8. The molecule has 18 atom stereocenters. The average Bonchev–Trinajstić information content (AvgIpc) is 0.721. The molecule has 33 nitrogen and oxygen atoms in total. The second-order valence-electron chi connectivity index (χ2n) is 30.1. The van der Waals surface area contributed by atoms with E-state index in [-0.39, 0.29) is 121 Å². The minimum absolute atomic E-state index is 0.00588. The van der Waals surface area contributed by atoms with E-state index >= 15 is 0 Å². The number of ketones is 9. The van der Waals surface area contributed by atoms with Crippen LogP contribution in [-0.4, -0.2) is 230 Å². The van der Waals surface area contributed by atoms with Crippen molar-refractivity contribution in [2.24, 2.45) is 17.2 Å². The zero-order valence-electron chi connectivity index (χ0n) is 62.0. The first kappa shape index (κ1) is 81.1. The number of carbonyl (C=O) groups is 9. The molecule has 0 aromatic heterocycles. The summed E-state index contributed by atoms with van der Waals surface area (Å²) >= 11 is 0. The predicted octanol–water partition coefficient (Wildman–Crippen LogP) is 2.05. The van der Waals surface area contributed by atoms with Crippen LogP contribution in [0.4, 0.5) is 0 Å². The molecular weight excluding hydrogens is 1480 g/mol. The van der Waals surface area contributed by atoms with Gasteiger partial charge in [-0.3, -0.25) is 43.2 Å². The Labute approximate surface area is 642 Å². The number of methoxy groups -OCH3 is 2. The van der Waals surface area contributed by atoms with Crippen molar-refractivity contribution in [3.63, 3.8) is 0 Å². The van der Waals surface area contributed by atoms with Crippen LogP contribution in [0.2, 0.25) is 0 Å². The number of phenols is 6. The van der Waals surface area contributed by atoms with Gasteiger partial charge in [-0.2, -0.15) is 0 Å². The van der Waals surface area contributed by atoms with E-state index in [0.29, 0.717) is 0 Å². The molecule has 3 fully saturated rings. The summed E-state index contributed by atoms with van der Waals surface area (Å²) in [6.45, 7) is 6.15. The molecule has 3 aliphatic heterocycles. The fourth-order valence-electron chi connectivity index (χ4n) is 16.8. The SMILES string of the molecule is CC(=O)[C@]1(O)Cc2c(O)c3c(c(O)c2[C@@H](O[C@H]2C[C@H](N)[C@H](O)[C@H](C)O2)C1)C(=O)c1ccccc1C3=O.COc1cccc2c1C(=O)c1c(O)c3c(c(O)c1C2=O)C[C@@](O)(C(=O)CO)C[C@@H]3O[C@H]1C[C@H](N)[C@H](O)[C@H](C)O1.COc1cccc2c1C(=O)c1c(O)c3c(c(O)c1C2=O)C[C@@](O)(C(C)=O)C[C@@H]3O[C@H]1C[C@H](N)[C@H](O)[C@H](C)O1. The molecule has 15 rings (SSSR count). The lowest BCUT2D eigenvalue weighted by molar-refractivity contribution is -0.247. The van der Waals surface area contributed by atoms with E-state index in [0.717, 1.165) is 0 Å². The van der Waals surface area contributed by atoms with Gasteiger partial charge in [0.1, 0.15) is 69.4 Å². The smallest absolute Gasteiger partial charge is 0.202 e. The van der Waals surface area contributed by atoms with E-state index in [1.165, 1.54) is 76.6 Å². The molecule has 6 aliphatic carbocycles. The van der Waals surface area contributed by atoms with Gasteiger partial charge in [0.25, 0.3) is 0 Å². The van der Waals surface area contributed by atoms with E-state index in [2.05, 4.69) is 0 Å². The number of rotatable bonds is 12. The van der Waals surface area contributed by atoms with Crippen LogP contribution in [0, 0.1) is 0 Å². The summed E-state index contributed by atoms with van der Waals surface area (Å²) in [4.78, 5) is 118. The molecule has 3 heterocycles. The van der Waals surface area contributed by atoms with Gasteiger partial charge < -0.3 is 121 Å². The van der Waals surface area contributed by atoms with Crippen LogP contribution in [0.1, 0.15) is 220 Å². The number of phenolic OH excluding ortho intramolecular Hbond substituents is 6. The summed E-state index contributed by atoms with van der Waals surface area (Å²) in [5, 5.41) is 142. The van der Waals surface area contributed by atoms with Crippen molar-refractivity contribution in [1.82, 2.24) is 0 Å². The number of aliphatic hydroxyl groups is 7. The number of fused-ring (bicyclic) bond motifs is 9. The van der Waals surface area contributed by atoms with Crippen LogP contribution in [0.25, 0.3) is 0 Å². The lowest BCUT2D eigenvalue weighted by Gasteiger charge is -2.42. The highest BCUT2D eigenvalue weighted by Gasteiger charge is 2.55. The van der Waals surface area contributed by atoms with E-state index < -0.39 is 250 Å². The third-order valence-electron chi connectivity index (χ3n) is 23.1. The lowest BCUT2D eigenvalue weighted by atomic mass is 9.72. The number of hydrogen-bond acceptors (Lipinski definition) is 33. The van der Waals surface area contributed by atoms with Gasteiger partial charge in [0.15, 0.2) is 59.4 Å². The van der Waals surface area contributed by atoms with Crippen LogP contribution < -0.4 is 26.7 Å². The maximum Gasteiger partial charge on any atom is 0.202 e. The largest absolute Gasteiger partial charge is 0.507 e. The number of Topliss-reactive ketones (excluding diaryl/α,β-unsaturated/α-hetero) is 3. The van der Waals surface area contributed by atoms with Crippen molar-refractivity contribution < 1.29 is 147 Å². The van der Waals surface area contributed by atoms with Gasteiger partial charge in [-0.1, -0.05) is 48.5 Å². The number of hydrogen-bond donors (Lipinski definition) is 16. The molecule has 6 aromatic carbocycles. The third-order valence-corrected chi connectivity index (χ3v) is 23.1. The Morgan fingerprint density at radius 1 is 0.416 bits per heavy atom. The monoisotopic (exact) mass is 1570 g/mol. The summed E-state index contributed by atoms with van der Waals surface area (Å²) in [5.41, 5.74) is 8.73. The Hall–Kier alpha value is -9.89. The molecule has 6 aromatic rings. The highest BCUT2D eigenvalue weighted by molar-refractivity contribution is 6.33. The fourth-order valence-corrected chi connectivity index (χ4v) is 16.8. The maximum atomic E-state index is 13.6. The average molecular weight is 1570 g/mol. The molecule has 0 bridgehead atoms. The highest BCUT2D eigenvalue weighted by Crippen LogP contribution is 2.57. The molecule has 0 radical (unpaired) electrons. The quantitative estimate of drug-likeness (QED) is 0.0778. The third kappa shape index (κ3) is 13.5. The van der Waals surface area contributed by atoms with Gasteiger partial charge in [-0.05, 0) is 46.8 Å². The standard InChI is InChI=1S/C27H29NO11.C27H29NO10.C26H27NO9/c1-10-22(31)13(28)6-17(38-10)39-15-8-27(36,16(30)9-29)7-12-19(15)26(35)21-20(24(12)33)23(32)11-4-3-5-14(37-2)18(11)25(21)34;1-10-22(30)14(28)7-17(37-10)38-16-9-27(35,11(2)29)8-13-19(16)26(34)21-20(24(13)32)23(31)12-5-4-6-15(36-3)18(12)25(21)33;1-10-21(29)15(27)7-17(35-10)36-16-9-26(34,11(2)28)8-14-18(16)25(33)20-19(24(14)32)22(30)12-5-3-4-6-13(12)23(20)31/h3-5,10,13,15,17,22,29,31,33,35-36H,6-9,28H2,1-2H3;4-6,10,14,16-17,22,30,32,34-35H,7-9,28H2,1-3H3;3-6,10,15-17,21,29,32-34H,7-9,27H2,1-2H3/t10-,13-,15-,17-,22+,27-;10-,14-,16-,17-,22+,27-;10-,15-,16-,17-,21+,26-/m000/s1. The number of benzene rings is 6. The molecular formula is C80H85N3O30. The first-order valence-electron chi connectivity index (χ1n) is 36.4. The number of aromatic hydroxyl groups is 6. The highest BCUT2D eigenvalue weighted by atomic mass is 16.7. The summed E-state index contributed by atoms with van der Waals surface area (Å²) in [7, 11) is 2.66. The van der Waals surface area contributed by atoms with Gasteiger partial charge in [0.2, 0.25) is 11.6 Å². The minimum Gasteiger partial charge on any atom is -0.507 e. The van der Waals surface area contributed by atoms with E-state index in [1.54, 1.807) is 32.9 Å². The number of carbonyl (C=O) groups excluding carboxylic acids is 9. The zero-order chi connectivity index (χ0) is 82.2. The zero-order valence-corrected chi connectivity index (χ0v) is 62.0. The lowest BCUT2D eigenvalue weighted by Crippen LogP contribution is -2.53. The van der Waals surface area contributed by atoms with Crippen molar-refractivity contribution in [3.05, 3.63) is 161 Å². The van der Waals surface area contributed by atoms with Crippen molar-refractivity contribution >= 4 is 52.0 Å². The number of aliphatic hydroxyl groups excluding tert-OH is 4. The second-order valence-corrected chi connectivity index (χ2v) is 30.1. The molecule has 0 spiro atoms. The molecule has 19 N–H and O–H groups in total. The molecule has 600 valence electrons. The van der Waals surface area contributed by atoms with Crippen molar-refractivity contribution in [1.29, 1.82) is 0 Å². The van der Waals surface area contributed by atoms with Gasteiger partial charge in [0, 0.05) is 132 Å². The first-order valence-corrected chi connectivity index (χ1v) is 36.4. The number of nitrogens with two attached hydrogens (primary N) is 3. The van der Waals surface area contributed by atoms with Gasteiger partial charge in [-0.25, -0.2) is 0 Å². The predicted molar refractivity (Wildman–Crippen MR) is 386 cm³/mol. The maximum absolute atomic E-state index is 13.6. The van der Waals surface area contributed by atoms with Crippen LogP contribution in [0.15, 0.2) is 60.7 Å². The Balaban J connectivity index is 0.000000148. The molecule has 0 saturated carbocycles. The summed E-state index contributed by atoms with van der Waals surface area (Å²) in [5.74, 6) is -10.0. The fraction of sp³-hybridized carbons (Fsp3) is 0.438. The summed E-state index contributed by atoms with van der Waals surface area (Å²) < 4.78 is 45.8. The molecule has 9 aliphatic rings. The van der Waals surface area contributed by atoms with Gasteiger partial charge in [0.05, 0.1) is 114 Å². The van der Waals surface area contributed by atoms with Crippen LogP contribution >= 0.6 is 0 Å². The summed E-state index contributed by atoms with van der Waals surface area (Å²) in [6.07, 6.45) is -14.0. The van der Waals surface area contributed by atoms with E-state index in [9.17, 15) is 110 Å². The second kappa shape index (κ2) is 30.1. The topological polar surface area (TPSA) is 569 Å². The van der Waals surface area contributed by atoms with Crippen LogP contribution in [0.3, 0.4) is 0 Å². The Morgan fingerprint density at radius 2 is 0.690 bits per heavy atom. The molecule has 113 heavy (non-hydrogen) atoms. The molecule has 33 heteroatoms. The molecule has 0 unspecified atom stereocenters. The minimum atomic E-state index is -2.24. The van der Waals surface area contributed by atoms with Crippen LogP contribution in [0.5, 0.6) is 46.0 Å². The van der Waals surface area contributed by atoms with Gasteiger partial charge in [-0.15, -0.1) is 0 Å². The Morgan fingerprint density at radius 3 is 0.982 bits per heavy atom. The van der Waals surface area contributed by atoms with E-state index in [1.807, 2.05) is 0 Å².